The van der Waals surface area contributed by atoms with Gasteiger partial charge in [-0.05, 0) is 37.3 Å². The van der Waals surface area contributed by atoms with E-state index in [-0.39, 0.29) is 35.3 Å². The van der Waals surface area contributed by atoms with Gasteiger partial charge in [-0.1, -0.05) is 11.6 Å². The first-order valence-corrected chi connectivity index (χ1v) is 10.6. The molecule has 1 aromatic heterocycles. The van der Waals surface area contributed by atoms with Gasteiger partial charge >= 0.3 is 6.03 Å². The Bertz CT molecular complexity index is 1410. The average Bonchev–Trinajstić information content (AvgIpc) is 3.20. The van der Waals surface area contributed by atoms with Crippen LogP contribution in [0, 0.1) is 18.6 Å². The first-order valence-electron chi connectivity index (χ1n) is 10.2. The maximum absolute atomic E-state index is 13.9. The summed E-state index contributed by atoms with van der Waals surface area (Å²) in [5.41, 5.74) is 6.22. The molecular weight excluding hydrogens is 486 g/mol. The van der Waals surface area contributed by atoms with Crippen molar-refractivity contribution in [2.75, 3.05) is 23.1 Å². The first kappa shape index (κ1) is 24.2. The molecule has 35 heavy (non-hydrogen) atoms. The molecule has 0 fully saturated rings. The summed E-state index contributed by atoms with van der Waals surface area (Å²) in [7, 11) is 0. The van der Waals surface area contributed by atoms with Crippen LogP contribution in [0.15, 0.2) is 47.3 Å². The largest absolute Gasteiger partial charge is 0.487 e. The fourth-order valence-corrected chi connectivity index (χ4v) is 3.97. The van der Waals surface area contributed by atoms with Gasteiger partial charge in [0.15, 0.2) is 0 Å². The molecule has 0 saturated heterocycles. The Balaban J connectivity index is 1.70. The molecule has 0 radical (unpaired) electrons. The number of aliphatic hydroxyl groups excluding tert-OH is 1. The van der Waals surface area contributed by atoms with Crippen molar-refractivity contribution >= 4 is 34.9 Å². The predicted octanol–water partition coefficient (Wildman–Crippen LogP) is 2.84. The molecule has 0 atom stereocenters. The molecule has 12 heteroatoms. The van der Waals surface area contributed by atoms with E-state index in [0.717, 1.165) is 17.0 Å². The molecule has 0 unspecified atom stereocenters. The highest BCUT2D eigenvalue weighted by atomic mass is 35.5. The molecule has 1 aliphatic heterocycles. The van der Waals surface area contributed by atoms with Crippen LogP contribution in [0.25, 0.3) is 5.69 Å². The van der Waals surface area contributed by atoms with Crippen molar-refractivity contribution in [1.29, 1.82) is 0 Å². The molecule has 9 nitrogen and oxygen atoms in total. The zero-order valence-corrected chi connectivity index (χ0v) is 19.1. The van der Waals surface area contributed by atoms with Crippen LogP contribution in [-0.2, 0) is 11.4 Å². The second-order valence-corrected chi connectivity index (χ2v) is 8.07. The number of benzene rings is 2. The number of pyridine rings is 1. The van der Waals surface area contributed by atoms with Crippen LogP contribution in [0.3, 0.4) is 0 Å². The molecule has 1 aliphatic rings. The summed E-state index contributed by atoms with van der Waals surface area (Å²) >= 11 is 6.25. The van der Waals surface area contributed by atoms with Gasteiger partial charge in [-0.15, -0.1) is 0 Å². The van der Waals surface area contributed by atoms with E-state index >= 15 is 0 Å². The first-order chi connectivity index (χ1) is 16.6. The van der Waals surface area contributed by atoms with Gasteiger partial charge in [0.2, 0.25) is 0 Å². The standard InChI is InChI=1S/C23H19ClF2N4O5/c1-12-6-19(35-10-13-2-3-14(25)7-16(13)26)21(24)22(33)30(12)15-4-5-17-18(8-15)29(23(27)34)11-28(17)20(32)9-31/h2-8,31H,9-11H2,1H3,(H2,27,34). The highest BCUT2D eigenvalue weighted by Gasteiger charge is 2.33. The minimum atomic E-state index is -0.824. The number of ether oxygens (including phenoxy) is 1. The fraction of sp³-hybridized carbons (Fsp3) is 0.174. The molecule has 182 valence electrons. The van der Waals surface area contributed by atoms with Crippen molar-refractivity contribution in [1.82, 2.24) is 4.57 Å². The van der Waals surface area contributed by atoms with Crippen molar-refractivity contribution in [3.63, 3.8) is 0 Å². The number of aromatic nitrogens is 1. The van der Waals surface area contributed by atoms with Gasteiger partial charge in [0.1, 0.15) is 42.3 Å². The number of nitrogens with two attached hydrogens (primary N) is 1. The van der Waals surface area contributed by atoms with Gasteiger partial charge in [0.05, 0.1) is 17.1 Å². The lowest BCUT2D eigenvalue weighted by molar-refractivity contribution is -0.121. The summed E-state index contributed by atoms with van der Waals surface area (Å²) < 4.78 is 33.8. The van der Waals surface area contributed by atoms with Crippen LogP contribution in [0.5, 0.6) is 5.75 Å². The summed E-state index contributed by atoms with van der Waals surface area (Å²) in [5, 5.41) is 8.94. The van der Waals surface area contributed by atoms with Crippen molar-refractivity contribution in [2.45, 2.75) is 13.5 Å². The number of urea groups is 1. The molecule has 2 aromatic carbocycles. The Kier molecular flexibility index (Phi) is 6.46. The maximum atomic E-state index is 13.9. The van der Waals surface area contributed by atoms with Crippen LogP contribution in [0.4, 0.5) is 25.0 Å². The number of fused-ring (bicyclic) bond motifs is 1. The third kappa shape index (κ3) is 4.43. The van der Waals surface area contributed by atoms with Crippen molar-refractivity contribution in [3.05, 3.63) is 80.7 Å². The van der Waals surface area contributed by atoms with Crippen LogP contribution >= 0.6 is 11.6 Å². The van der Waals surface area contributed by atoms with Gasteiger partial charge in [-0.25, -0.2) is 13.6 Å². The second-order valence-electron chi connectivity index (χ2n) is 7.69. The smallest absolute Gasteiger partial charge is 0.320 e. The maximum Gasteiger partial charge on any atom is 0.320 e. The SMILES string of the molecule is Cc1cc(OCc2ccc(F)cc2F)c(Cl)c(=O)n1-c1ccc2c(c1)N(C(N)=O)CN2C(=O)CO. The van der Waals surface area contributed by atoms with Crippen LogP contribution in [0.2, 0.25) is 5.02 Å². The lowest BCUT2D eigenvalue weighted by atomic mass is 10.2. The topological polar surface area (TPSA) is 118 Å². The molecule has 3 aromatic rings. The van der Waals surface area contributed by atoms with E-state index in [9.17, 15) is 28.3 Å². The summed E-state index contributed by atoms with van der Waals surface area (Å²) in [5.74, 6) is -2.14. The number of aryl methyl sites for hydroxylation is 1. The Hall–Kier alpha value is -3.96. The van der Waals surface area contributed by atoms with E-state index in [4.69, 9.17) is 22.1 Å². The third-order valence-electron chi connectivity index (χ3n) is 5.48. The van der Waals surface area contributed by atoms with Crippen LogP contribution in [0.1, 0.15) is 11.3 Å². The highest BCUT2D eigenvalue weighted by molar-refractivity contribution is 6.31. The summed E-state index contributed by atoms with van der Waals surface area (Å²) in [6, 6.07) is 8.24. The zero-order valence-electron chi connectivity index (χ0n) is 18.3. The number of anilines is 2. The van der Waals surface area contributed by atoms with Gasteiger partial charge < -0.3 is 15.6 Å². The Morgan fingerprint density at radius 3 is 2.51 bits per heavy atom. The average molecular weight is 505 g/mol. The number of aliphatic hydroxyl groups is 1. The minimum Gasteiger partial charge on any atom is -0.487 e. The van der Waals surface area contributed by atoms with E-state index in [2.05, 4.69) is 0 Å². The van der Waals surface area contributed by atoms with E-state index in [1.165, 1.54) is 33.7 Å². The molecular formula is C23H19ClF2N4O5. The Morgan fingerprint density at radius 2 is 1.86 bits per heavy atom. The molecule has 3 amide bonds. The second kappa shape index (κ2) is 9.35. The lowest BCUT2D eigenvalue weighted by Crippen LogP contribution is -2.42. The van der Waals surface area contributed by atoms with Crippen LogP contribution < -0.4 is 25.8 Å². The summed E-state index contributed by atoms with van der Waals surface area (Å²) in [4.78, 5) is 39.4. The summed E-state index contributed by atoms with van der Waals surface area (Å²) in [6.45, 7) is 0.389. The normalized spacial score (nSPS) is 12.6. The minimum absolute atomic E-state index is 0.00813. The molecule has 3 N–H and O–H groups in total. The van der Waals surface area contributed by atoms with Gasteiger partial charge in [0.25, 0.3) is 11.5 Å². The number of amides is 3. The molecule has 0 saturated carbocycles. The summed E-state index contributed by atoms with van der Waals surface area (Å²) in [6.07, 6.45) is 0. The van der Waals surface area contributed by atoms with Crippen molar-refractivity contribution < 1.29 is 28.2 Å². The number of nitrogens with zero attached hydrogens (tertiary/aromatic N) is 3. The predicted molar refractivity (Wildman–Crippen MR) is 124 cm³/mol. The van der Waals surface area contributed by atoms with Crippen molar-refractivity contribution in [3.8, 4) is 11.4 Å². The molecule has 0 spiro atoms. The van der Waals surface area contributed by atoms with E-state index in [0.29, 0.717) is 17.1 Å². The van der Waals surface area contributed by atoms with Crippen molar-refractivity contribution in [2.24, 2.45) is 5.73 Å². The molecule has 4 rings (SSSR count). The quantitative estimate of drug-likeness (QED) is 0.554. The highest BCUT2D eigenvalue weighted by Crippen LogP contribution is 2.38. The molecule has 0 bridgehead atoms. The van der Waals surface area contributed by atoms with E-state index in [1.807, 2.05) is 0 Å². The van der Waals surface area contributed by atoms with Crippen LogP contribution in [-0.4, -0.2) is 34.9 Å². The third-order valence-corrected chi connectivity index (χ3v) is 5.83. The van der Waals surface area contributed by atoms with Gasteiger partial charge in [0, 0.05) is 23.4 Å². The van der Waals surface area contributed by atoms with E-state index < -0.39 is 35.7 Å². The van der Waals surface area contributed by atoms with Gasteiger partial charge in [-0.2, -0.15) is 0 Å². The molecule has 2 heterocycles. The number of hydrogen-bond donors (Lipinski definition) is 2. The van der Waals surface area contributed by atoms with Gasteiger partial charge in [-0.3, -0.25) is 24.0 Å². The fourth-order valence-electron chi connectivity index (χ4n) is 3.78. The molecule has 0 aliphatic carbocycles. The number of primary amides is 1. The van der Waals surface area contributed by atoms with E-state index in [1.54, 1.807) is 13.0 Å². The Morgan fingerprint density at radius 1 is 1.11 bits per heavy atom. The monoisotopic (exact) mass is 504 g/mol. The number of rotatable bonds is 5. The number of hydrogen-bond acceptors (Lipinski definition) is 5. The number of carbonyl (C=O) groups excluding carboxylic acids is 2. The number of carbonyl (C=O) groups is 2. The lowest BCUT2D eigenvalue weighted by Gasteiger charge is -2.17. The Labute approximate surface area is 202 Å². The number of halogens is 3. The zero-order chi connectivity index (χ0) is 25.4.